The summed E-state index contributed by atoms with van der Waals surface area (Å²) < 4.78 is 18.7. The van der Waals surface area contributed by atoms with Crippen molar-refractivity contribution in [2.45, 2.75) is 13.3 Å². The van der Waals surface area contributed by atoms with Gasteiger partial charge in [-0.3, -0.25) is 9.59 Å². The molecule has 7 nitrogen and oxygen atoms in total. The van der Waals surface area contributed by atoms with E-state index < -0.39 is 17.6 Å². The molecule has 2 N–H and O–H groups in total. The smallest absolute Gasteiger partial charge is 0.251 e. The lowest BCUT2D eigenvalue weighted by atomic mass is 10.1. The van der Waals surface area contributed by atoms with Crippen LogP contribution in [0.15, 0.2) is 47.0 Å². The third kappa shape index (κ3) is 4.72. The Morgan fingerprint density at radius 3 is 2.57 bits per heavy atom. The topological polar surface area (TPSA) is 97.1 Å². The summed E-state index contributed by atoms with van der Waals surface area (Å²) in [5.74, 6) is -0.700. The fourth-order valence-corrected chi connectivity index (χ4v) is 2.49. The van der Waals surface area contributed by atoms with Gasteiger partial charge >= 0.3 is 0 Å². The number of rotatable bonds is 6. The standard InChI is InChI=1S/C19H16ClFN4O3/c1-2-17-24-18(25-28-17)11-3-5-12(6-4-11)19(27)22-10-16(26)23-15-8-7-13(20)9-14(15)21/h3-9H,2,10H2,1H3,(H,22,27)(H,23,26). The summed E-state index contributed by atoms with van der Waals surface area (Å²) in [6.45, 7) is 1.59. The molecular weight excluding hydrogens is 387 g/mol. The second-order valence-corrected chi connectivity index (χ2v) is 6.23. The highest BCUT2D eigenvalue weighted by atomic mass is 35.5. The van der Waals surface area contributed by atoms with E-state index in [0.717, 1.165) is 6.07 Å². The molecule has 0 aliphatic rings. The molecule has 3 aromatic rings. The molecule has 0 aliphatic heterocycles. The summed E-state index contributed by atoms with van der Waals surface area (Å²) in [5, 5.41) is 8.93. The highest BCUT2D eigenvalue weighted by Crippen LogP contribution is 2.19. The van der Waals surface area contributed by atoms with Crippen LogP contribution in [-0.2, 0) is 11.2 Å². The first-order chi connectivity index (χ1) is 13.5. The second kappa shape index (κ2) is 8.62. The van der Waals surface area contributed by atoms with Gasteiger partial charge in [-0.05, 0) is 30.3 Å². The number of nitrogens with zero attached hydrogens (tertiary/aromatic N) is 2. The zero-order chi connectivity index (χ0) is 20.1. The zero-order valence-electron chi connectivity index (χ0n) is 14.8. The number of carbonyl (C=O) groups is 2. The summed E-state index contributed by atoms with van der Waals surface area (Å²) >= 11 is 5.66. The molecule has 0 spiro atoms. The van der Waals surface area contributed by atoms with E-state index in [1.54, 1.807) is 24.3 Å². The van der Waals surface area contributed by atoms with Crippen molar-refractivity contribution in [1.29, 1.82) is 0 Å². The third-order valence-corrected chi connectivity index (χ3v) is 4.03. The summed E-state index contributed by atoms with van der Waals surface area (Å²) in [6, 6.07) is 10.4. The van der Waals surface area contributed by atoms with Gasteiger partial charge in [0.15, 0.2) is 0 Å². The van der Waals surface area contributed by atoms with Crippen molar-refractivity contribution < 1.29 is 18.5 Å². The maximum absolute atomic E-state index is 13.7. The molecule has 0 bridgehead atoms. The molecule has 28 heavy (non-hydrogen) atoms. The van der Waals surface area contributed by atoms with E-state index in [4.69, 9.17) is 16.1 Å². The summed E-state index contributed by atoms with van der Waals surface area (Å²) in [4.78, 5) is 28.3. The molecule has 1 heterocycles. The first-order valence-electron chi connectivity index (χ1n) is 8.42. The van der Waals surface area contributed by atoms with Crippen LogP contribution in [0.25, 0.3) is 11.4 Å². The minimum absolute atomic E-state index is 0.0143. The Balaban J connectivity index is 1.56. The molecule has 144 valence electrons. The fourth-order valence-electron chi connectivity index (χ4n) is 2.33. The molecule has 3 rings (SSSR count). The van der Waals surface area contributed by atoms with Gasteiger partial charge < -0.3 is 15.2 Å². The molecule has 9 heteroatoms. The summed E-state index contributed by atoms with van der Waals surface area (Å²) in [6.07, 6.45) is 0.634. The van der Waals surface area contributed by atoms with E-state index in [1.807, 2.05) is 6.92 Å². The van der Waals surface area contributed by atoms with Crippen LogP contribution >= 0.6 is 11.6 Å². The van der Waals surface area contributed by atoms with E-state index in [9.17, 15) is 14.0 Å². The number of amides is 2. The molecule has 0 fully saturated rings. The largest absolute Gasteiger partial charge is 0.343 e. The molecule has 1 aromatic heterocycles. The lowest BCUT2D eigenvalue weighted by Gasteiger charge is -2.08. The van der Waals surface area contributed by atoms with Crippen LogP contribution in [0.4, 0.5) is 10.1 Å². The Bertz CT molecular complexity index is 1000. The first kappa shape index (κ1) is 19.5. The van der Waals surface area contributed by atoms with Gasteiger partial charge in [0.05, 0.1) is 12.2 Å². The van der Waals surface area contributed by atoms with E-state index in [2.05, 4.69) is 20.8 Å². The Labute approximate surface area is 164 Å². The van der Waals surface area contributed by atoms with Gasteiger partial charge in [-0.25, -0.2) is 4.39 Å². The maximum atomic E-state index is 13.7. The first-order valence-corrected chi connectivity index (χ1v) is 8.80. The van der Waals surface area contributed by atoms with Gasteiger partial charge in [0.25, 0.3) is 5.91 Å². The van der Waals surface area contributed by atoms with Crippen molar-refractivity contribution in [1.82, 2.24) is 15.5 Å². The average molecular weight is 403 g/mol. The van der Waals surface area contributed by atoms with Gasteiger partial charge in [0.1, 0.15) is 5.82 Å². The van der Waals surface area contributed by atoms with Crippen LogP contribution in [0.5, 0.6) is 0 Å². The molecule has 0 saturated heterocycles. The van der Waals surface area contributed by atoms with Gasteiger partial charge in [-0.2, -0.15) is 4.98 Å². The number of carbonyl (C=O) groups excluding carboxylic acids is 2. The van der Waals surface area contributed by atoms with Crippen molar-refractivity contribution in [3.05, 3.63) is 64.8 Å². The van der Waals surface area contributed by atoms with Gasteiger partial charge in [-0.15, -0.1) is 0 Å². The van der Waals surface area contributed by atoms with E-state index >= 15 is 0 Å². The number of hydrogen-bond donors (Lipinski definition) is 2. The van der Waals surface area contributed by atoms with Crippen LogP contribution < -0.4 is 10.6 Å². The van der Waals surface area contributed by atoms with Gasteiger partial charge in [0.2, 0.25) is 17.6 Å². The van der Waals surface area contributed by atoms with Crippen LogP contribution in [0, 0.1) is 5.82 Å². The van der Waals surface area contributed by atoms with Gasteiger partial charge in [-0.1, -0.05) is 35.8 Å². The number of hydrogen-bond acceptors (Lipinski definition) is 5. The Morgan fingerprint density at radius 1 is 1.18 bits per heavy atom. The van der Waals surface area contributed by atoms with Crippen LogP contribution in [-0.4, -0.2) is 28.5 Å². The maximum Gasteiger partial charge on any atom is 0.251 e. The minimum atomic E-state index is -0.657. The Kier molecular flexibility index (Phi) is 6.00. The summed E-state index contributed by atoms with van der Waals surface area (Å²) in [5.41, 5.74) is 1.05. The highest BCUT2D eigenvalue weighted by molar-refractivity contribution is 6.30. The molecule has 0 saturated carbocycles. The van der Waals surface area contributed by atoms with Crippen molar-refractivity contribution in [2.75, 3.05) is 11.9 Å². The number of halogens is 2. The summed E-state index contributed by atoms with van der Waals surface area (Å²) in [7, 11) is 0. The Hall–Kier alpha value is -3.26. The second-order valence-electron chi connectivity index (χ2n) is 5.80. The number of aryl methyl sites for hydroxylation is 1. The average Bonchev–Trinajstić information content (AvgIpc) is 3.18. The predicted molar refractivity (Wildman–Crippen MR) is 101 cm³/mol. The van der Waals surface area contributed by atoms with Crippen LogP contribution in [0.3, 0.4) is 0 Å². The third-order valence-electron chi connectivity index (χ3n) is 3.79. The van der Waals surface area contributed by atoms with Gasteiger partial charge in [0, 0.05) is 22.6 Å². The number of benzene rings is 2. The molecule has 2 aromatic carbocycles. The minimum Gasteiger partial charge on any atom is -0.343 e. The fraction of sp³-hybridized carbons (Fsp3) is 0.158. The molecule has 0 radical (unpaired) electrons. The Morgan fingerprint density at radius 2 is 1.93 bits per heavy atom. The predicted octanol–water partition coefficient (Wildman–Crippen LogP) is 3.46. The normalized spacial score (nSPS) is 10.5. The van der Waals surface area contributed by atoms with Crippen molar-refractivity contribution >= 4 is 29.1 Å². The van der Waals surface area contributed by atoms with Crippen LogP contribution in [0.2, 0.25) is 5.02 Å². The number of aromatic nitrogens is 2. The van der Waals surface area contributed by atoms with E-state index in [1.165, 1.54) is 12.1 Å². The SMILES string of the molecule is CCc1nc(-c2ccc(C(=O)NCC(=O)Nc3ccc(Cl)cc3F)cc2)no1. The quantitative estimate of drug-likeness (QED) is 0.658. The molecular formula is C19H16ClFN4O3. The molecule has 0 atom stereocenters. The van der Waals surface area contributed by atoms with E-state index in [0.29, 0.717) is 29.3 Å². The van der Waals surface area contributed by atoms with Crippen molar-refractivity contribution in [2.24, 2.45) is 0 Å². The number of nitrogens with one attached hydrogen (secondary N) is 2. The number of anilines is 1. The van der Waals surface area contributed by atoms with Crippen molar-refractivity contribution in [3.8, 4) is 11.4 Å². The molecule has 0 aliphatic carbocycles. The highest BCUT2D eigenvalue weighted by Gasteiger charge is 2.12. The van der Waals surface area contributed by atoms with Crippen molar-refractivity contribution in [3.63, 3.8) is 0 Å². The lowest BCUT2D eigenvalue weighted by Crippen LogP contribution is -2.33. The molecule has 0 unspecified atom stereocenters. The van der Waals surface area contributed by atoms with E-state index in [-0.39, 0.29) is 17.3 Å². The molecule has 2 amide bonds. The lowest BCUT2D eigenvalue weighted by molar-refractivity contribution is -0.115. The monoisotopic (exact) mass is 402 g/mol. The van der Waals surface area contributed by atoms with Crippen LogP contribution in [0.1, 0.15) is 23.2 Å². The zero-order valence-corrected chi connectivity index (χ0v) is 15.6.